The molecule has 2 aliphatic heterocycles. The first-order chi connectivity index (χ1) is 19.2. The number of aromatic nitrogens is 5. The number of nitrogens with one attached hydrogen (secondary N) is 3. The van der Waals surface area contributed by atoms with Crippen molar-refractivity contribution in [2.24, 2.45) is 0 Å². The number of aliphatic hydroxyl groups excluding tert-OH is 1. The normalized spacial score (nSPS) is 24.5. The molecule has 0 amide bonds. The summed E-state index contributed by atoms with van der Waals surface area (Å²) in [6.07, 6.45) is 0.856. The standard InChI is InChI=1S/C25H28ClN7O6S/c1-3-25-20(13-37-21(25)19(34)12-38-25)39-24-29-16-10-15(26)22(30-23(16)31-24)27-11-17-14-6-4-5-7-18(14)33(32-17)9-8-28-40(2,35)36/h3-7,10,19-21,28,34H,1,8-9,11-13H2,2H3,(H2,27,29,30,31)/t19-,20-,21-,25-/m1/s1. The number of nitrogens with zero attached hydrogens (tertiary/aromatic N) is 4. The molecule has 5 heterocycles. The van der Waals surface area contributed by atoms with E-state index in [2.05, 4.69) is 36.7 Å². The predicted octanol–water partition coefficient (Wildman–Crippen LogP) is 1.58. The Bertz CT molecular complexity index is 1690. The van der Waals surface area contributed by atoms with Crippen molar-refractivity contribution in [3.8, 4) is 6.01 Å². The van der Waals surface area contributed by atoms with E-state index in [-0.39, 0.29) is 25.8 Å². The minimum atomic E-state index is -3.30. The number of pyridine rings is 1. The predicted molar refractivity (Wildman–Crippen MR) is 148 cm³/mol. The average Bonchev–Trinajstić information content (AvgIpc) is 3.65. The molecule has 0 saturated carbocycles. The first-order valence-corrected chi connectivity index (χ1v) is 14.9. The van der Waals surface area contributed by atoms with Gasteiger partial charge in [0.1, 0.15) is 18.0 Å². The van der Waals surface area contributed by atoms with E-state index in [1.54, 1.807) is 16.8 Å². The Morgan fingerprint density at radius 2 is 2.17 bits per heavy atom. The molecule has 13 nitrogen and oxygen atoms in total. The second-order valence-electron chi connectivity index (χ2n) is 9.74. The van der Waals surface area contributed by atoms with Crippen LogP contribution in [0.2, 0.25) is 5.02 Å². The minimum absolute atomic E-state index is 0.133. The van der Waals surface area contributed by atoms with Gasteiger partial charge >= 0.3 is 0 Å². The van der Waals surface area contributed by atoms with Gasteiger partial charge in [0.05, 0.1) is 54.3 Å². The van der Waals surface area contributed by atoms with Gasteiger partial charge in [-0.25, -0.2) is 18.1 Å². The van der Waals surface area contributed by atoms with Crippen LogP contribution in [0.5, 0.6) is 6.01 Å². The van der Waals surface area contributed by atoms with Crippen LogP contribution in [-0.4, -0.2) is 88.2 Å². The van der Waals surface area contributed by atoms with Gasteiger partial charge in [-0.3, -0.25) is 4.68 Å². The third-order valence-corrected chi connectivity index (χ3v) is 8.07. The molecular weight excluding hydrogens is 562 g/mol. The zero-order valence-corrected chi connectivity index (χ0v) is 23.1. The highest BCUT2D eigenvalue weighted by Crippen LogP contribution is 2.40. The molecule has 0 spiro atoms. The molecule has 0 unspecified atom stereocenters. The van der Waals surface area contributed by atoms with E-state index in [0.717, 1.165) is 22.9 Å². The van der Waals surface area contributed by atoms with Gasteiger partial charge in [-0.05, 0) is 12.1 Å². The zero-order chi connectivity index (χ0) is 28.1. The summed E-state index contributed by atoms with van der Waals surface area (Å²) in [6, 6.07) is 9.62. The molecule has 3 aromatic heterocycles. The summed E-state index contributed by atoms with van der Waals surface area (Å²) in [4.78, 5) is 12.1. The van der Waals surface area contributed by atoms with Crippen LogP contribution in [-0.2, 0) is 32.6 Å². The Morgan fingerprint density at radius 3 is 2.98 bits per heavy atom. The Labute approximate surface area is 234 Å². The van der Waals surface area contributed by atoms with E-state index < -0.39 is 33.9 Å². The number of anilines is 1. The lowest BCUT2D eigenvalue weighted by atomic mass is 9.92. The van der Waals surface area contributed by atoms with E-state index in [1.165, 1.54) is 0 Å². The third kappa shape index (κ3) is 4.91. The van der Waals surface area contributed by atoms with Gasteiger partial charge in [0.25, 0.3) is 6.01 Å². The van der Waals surface area contributed by atoms with Gasteiger partial charge in [0.15, 0.2) is 17.4 Å². The fraction of sp³-hybridized carbons (Fsp3) is 0.400. The van der Waals surface area contributed by atoms with Gasteiger partial charge in [-0.1, -0.05) is 42.5 Å². The number of hydrogen-bond acceptors (Lipinski definition) is 10. The molecule has 212 valence electrons. The number of H-pyrrole nitrogens is 1. The van der Waals surface area contributed by atoms with Crippen molar-refractivity contribution >= 4 is 49.5 Å². The van der Waals surface area contributed by atoms with Crippen molar-refractivity contribution < 1.29 is 27.7 Å². The third-order valence-electron chi connectivity index (χ3n) is 7.05. The summed E-state index contributed by atoms with van der Waals surface area (Å²) in [5.74, 6) is 0.415. The molecule has 6 rings (SSSR count). The maximum absolute atomic E-state index is 11.4. The quantitative estimate of drug-likeness (QED) is 0.200. The number of fused-ring (bicyclic) bond motifs is 3. The SMILES string of the molecule is C=C[C@]12OC[C@@H](O)[C@H]1OC[C@H]2Oc1nc2nc(NCc3nn(CCNS(C)(=O)=O)c4ccccc34)c(Cl)cc2[nH]1. The fourth-order valence-corrected chi connectivity index (χ4v) is 5.86. The highest BCUT2D eigenvalue weighted by atomic mass is 35.5. The number of para-hydroxylation sites is 1. The van der Waals surface area contributed by atoms with Crippen molar-refractivity contribution in [3.05, 3.63) is 53.7 Å². The van der Waals surface area contributed by atoms with Crippen LogP contribution in [0.25, 0.3) is 22.1 Å². The number of imidazole rings is 1. The topological polar surface area (TPSA) is 166 Å². The van der Waals surface area contributed by atoms with Gasteiger partial charge < -0.3 is 29.6 Å². The molecular formula is C25H28ClN7O6S. The molecule has 0 bridgehead atoms. The average molecular weight is 590 g/mol. The van der Waals surface area contributed by atoms with E-state index >= 15 is 0 Å². The summed E-state index contributed by atoms with van der Waals surface area (Å²) < 4.78 is 44.7. The van der Waals surface area contributed by atoms with Gasteiger partial charge in [0.2, 0.25) is 10.0 Å². The van der Waals surface area contributed by atoms with Crippen LogP contribution in [0.3, 0.4) is 0 Å². The fourth-order valence-electron chi connectivity index (χ4n) is 5.18. The lowest BCUT2D eigenvalue weighted by molar-refractivity contribution is -0.0324. The molecule has 4 atom stereocenters. The smallest absolute Gasteiger partial charge is 0.296 e. The number of hydrogen-bond donors (Lipinski definition) is 4. The van der Waals surface area contributed by atoms with E-state index in [1.807, 2.05) is 24.3 Å². The van der Waals surface area contributed by atoms with Gasteiger partial charge in [-0.2, -0.15) is 10.1 Å². The largest absolute Gasteiger partial charge is 0.455 e. The first-order valence-electron chi connectivity index (χ1n) is 12.6. The number of aromatic amines is 1. The van der Waals surface area contributed by atoms with Crippen LogP contribution >= 0.6 is 11.6 Å². The van der Waals surface area contributed by atoms with Crippen molar-refractivity contribution in [1.29, 1.82) is 0 Å². The van der Waals surface area contributed by atoms with Crippen LogP contribution in [0.1, 0.15) is 5.69 Å². The van der Waals surface area contributed by atoms with Crippen LogP contribution in [0, 0.1) is 0 Å². The molecule has 1 aromatic carbocycles. The van der Waals surface area contributed by atoms with Crippen LogP contribution in [0.15, 0.2) is 43.0 Å². The number of ether oxygens (including phenoxy) is 3. The van der Waals surface area contributed by atoms with E-state index in [9.17, 15) is 13.5 Å². The van der Waals surface area contributed by atoms with Crippen molar-refractivity contribution in [1.82, 2.24) is 29.5 Å². The summed E-state index contributed by atoms with van der Waals surface area (Å²) in [5.41, 5.74) is 1.63. The molecule has 2 saturated heterocycles. The number of benzene rings is 1. The Kier molecular flexibility index (Phi) is 6.92. The second-order valence-corrected chi connectivity index (χ2v) is 12.0. The van der Waals surface area contributed by atoms with Gasteiger partial charge in [0, 0.05) is 11.9 Å². The number of halogens is 1. The molecule has 15 heteroatoms. The summed E-state index contributed by atoms with van der Waals surface area (Å²) in [6.45, 7) is 5.11. The molecule has 0 aliphatic carbocycles. The Morgan fingerprint density at radius 1 is 1.35 bits per heavy atom. The number of sulfonamides is 1. The zero-order valence-electron chi connectivity index (χ0n) is 21.5. The number of aliphatic hydroxyl groups is 1. The maximum Gasteiger partial charge on any atom is 0.296 e. The summed E-state index contributed by atoms with van der Waals surface area (Å²) >= 11 is 6.53. The monoisotopic (exact) mass is 589 g/mol. The van der Waals surface area contributed by atoms with Gasteiger partial charge in [-0.15, -0.1) is 0 Å². The lowest BCUT2D eigenvalue weighted by Gasteiger charge is -2.28. The highest BCUT2D eigenvalue weighted by molar-refractivity contribution is 7.88. The molecule has 4 N–H and O–H groups in total. The Hall–Kier alpha value is -3.27. The number of rotatable bonds is 10. The summed E-state index contributed by atoms with van der Waals surface area (Å²) in [7, 11) is -3.30. The highest BCUT2D eigenvalue weighted by Gasteiger charge is 2.59. The molecule has 0 radical (unpaired) electrons. The molecule has 2 fully saturated rings. The van der Waals surface area contributed by atoms with Crippen molar-refractivity contribution in [2.75, 3.05) is 31.3 Å². The Balaban J connectivity index is 1.19. The minimum Gasteiger partial charge on any atom is -0.455 e. The van der Waals surface area contributed by atoms with Crippen LogP contribution < -0.4 is 14.8 Å². The second kappa shape index (κ2) is 10.3. The maximum atomic E-state index is 11.4. The molecule has 2 aliphatic rings. The van der Waals surface area contributed by atoms with Crippen LogP contribution in [0.4, 0.5) is 5.82 Å². The summed E-state index contributed by atoms with van der Waals surface area (Å²) in [5, 5.41) is 19.4. The van der Waals surface area contributed by atoms with E-state index in [0.29, 0.717) is 35.1 Å². The van der Waals surface area contributed by atoms with E-state index in [4.69, 9.17) is 25.8 Å². The molecule has 40 heavy (non-hydrogen) atoms. The first kappa shape index (κ1) is 26.9. The van der Waals surface area contributed by atoms with Crippen molar-refractivity contribution in [2.45, 2.75) is 37.0 Å². The molecule has 4 aromatic rings. The lowest BCUT2D eigenvalue weighted by Crippen LogP contribution is -2.47. The van der Waals surface area contributed by atoms with Crippen molar-refractivity contribution in [3.63, 3.8) is 0 Å².